The fourth-order valence-electron chi connectivity index (χ4n) is 1.66. The lowest BCUT2D eigenvalue weighted by Crippen LogP contribution is -2.29. The summed E-state index contributed by atoms with van der Waals surface area (Å²) >= 11 is 3.29. The molecule has 3 N–H and O–H groups in total. The van der Waals surface area contributed by atoms with Crippen molar-refractivity contribution in [2.45, 2.75) is 6.04 Å². The molecule has 0 aliphatic rings. The number of nitrogens with two attached hydrogens (primary N) is 1. The Morgan fingerprint density at radius 3 is 2.50 bits per heavy atom. The molecule has 0 radical (unpaired) electrons. The van der Waals surface area contributed by atoms with E-state index in [1.54, 1.807) is 18.5 Å². The maximum Gasteiger partial charge on any atom is 0.159 e. The van der Waals surface area contributed by atoms with Gasteiger partial charge >= 0.3 is 0 Å². The average Bonchev–Trinajstić information content (AvgIpc) is 2.35. The van der Waals surface area contributed by atoms with E-state index >= 15 is 0 Å². The number of nitrogens with one attached hydrogen (secondary N) is 1. The average molecular weight is 314 g/mol. The molecule has 0 saturated carbocycles. The van der Waals surface area contributed by atoms with Crippen LogP contribution in [0.2, 0.25) is 0 Å². The second-order valence-corrected chi connectivity index (χ2v) is 4.63. The second kappa shape index (κ2) is 5.51. The smallest absolute Gasteiger partial charge is 0.159 e. The highest BCUT2D eigenvalue weighted by atomic mass is 79.9. The van der Waals surface area contributed by atoms with Crippen LogP contribution in [-0.4, -0.2) is 4.98 Å². The molecule has 1 aromatic carbocycles. The normalized spacial score (nSPS) is 12.4. The summed E-state index contributed by atoms with van der Waals surface area (Å²) < 4.78 is 26.9. The molecule has 0 aliphatic heterocycles. The van der Waals surface area contributed by atoms with Gasteiger partial charge in [-0.2, -0.15) is 0 Å². The molecule has 1 aromatic heterocycles. The van der Waals surface area contributed by atoms with Crippen LogP contribution in [0.1, 0.15) is 17.2 Å². The van der Waals surface area contributed by atoms with E-state index in [1.165, 1.54) is 6.07 Å². The van der Waals surface area contributed by atoms with Crippen LogP contribution in [0.15, 0.2) is 41.1 Å². The third kappa shape index (κ3) is 2.72. The molecule has 0 saturated heterocycles. The lowest BCUT2D eigenvalue weighted by molar-refractivity contribution is 0.504. The van der Waals surface area contributed by atoms with Crippen LogP contribution < -0.4 is 11.3 Å². The first-order valence-corrected chi connectivity index (χ1v) is 5.92. The van der Waals surface area contributed by atoms with E-state index in [2.05, 4.69) is 26.3 Å². The summed E-state index contributed by atoms with van der Waals surface area (Å²) in [7, 11) is 0. The number of halogens is 3. The van der Waals surface area contributed by atoms with Gasteiger partial charge in [0.25, 0.3) is 0 Å². The monoisotopic (exact) mass is 313 g/mol. The van der Waals surface area contributed by atoms with Crippen LogP contribution in [0, 0.1) is 11.6 Å². The number of pyridine rings is 1. The van der Waals surface area contributed by atoms with E-state index in [9.17, 15) is 8.78 Å². The number of rotatable bonds is 3. The fourth-order valence-corrected chi connectivity index (χ4v) is 2.05. The molecule has 94 valence electrons. The van der Waals surface area contributed by atoms with Crippen molar-refractivity contribution in [2.24, 2.45) is 5.84 Å². The summed E-state index contributed by atoms with van der Waals surface area (Å²) in [5.74, 6) is 3.67. The lowest BCUT2D eigenvalue weighted by atomic mass is 10.0. The number of nitrogens with zero attached hydrogens (tertiary/aromatic N) is 1. The van der Waals surface area contributed by atoms with Crippen molar-refractivity contribution in [3.63, 3.8) is 0 Å². The molecule has 0 bridgehead atoms. The predicted octanol–water partition coefficient (Wildman–Crippen LogP) is 2.68. The Labute approximate surface area is 111 Å². The first-order chi connectivity index (χ1) is 8.61. The van der Waals surface area contributed by atoms with Gasteiger partial charge in [0, 0.05) is 16.9 Å². The Kier molecular flexibility index (Phi) is 4.00. The van der Waals surface area contributed by atoms with Gasteiger partial charge in [0.15, 0.2) is 11.6 Å². The number of hydrogen-bond acceptors (Lipinski definition) is 3. The maximum atomic E-state index is 13.2. The number of hydrogen-bond donors (Lipinski definition) is 2. The van der Waals surface area contributed by atoms with Crippen LogP contribution in [0.5, 0.6) is 0 Å². The second-order valence-electron chi connectivity index (χ2n) is 3.71. The molecular weight excluding hydrogens is 304 g/mol. The number of benzene rings is 1. The molecule has 0 fully saturated rings. The first kappa shape index (κ1) is 13.1. The molecule has 1 heterocycles. The van der Waals surface area contributed by atoms with Crippen molar-refractivity contribution in [3.8, 4) is 0 Å². The van der Waals surface area contributed by atoms with Gasteiger partial charge in [-0.1, -0.05) is 6.07 Å². The SMILES string of the molecule is NNC(c1cncc(Br)c1)c1ccc(F)c(F)c1. The summed E-state index contributed by atoms with van der Waals surface area (Å²) in [5, 5.41) is 0. The Morgan fingerprint density at radius 1 is 1.11 bits per heavy atom. The predicted molar refractivity (Wildman–Crippen MR) is 67.5 cm³/mol. The van der Waals surface area contributed by atoms with Crippen molar-refractivity contribution in [1.82, 2.24) is 10.4 Å². The van der Waals surface area contributed by atoms with E-state index in [-0.39, 0.29) is 0 Å². The zero-order chi connectivity index (χ0) is 13.1. The molecule has 3 nitrogen and oxygen atoms in total. The highest BCUT2D eigenvalue weighted by Gasteiger charge is 2.15. The van der Waals surface area contributed by atoms with Crippen molar-refractivity contribution >= 4 is 15.9 Å². The Bertz CT molecular complexity index is 563. The van der Waals surface area contributed by atoms with E-state index in [1.807, 2.05) is 0 Å². The van der Waals surface area contributed by atoms with Gasteiger partial charge in [0.05, 0.1) is 6.04 Å². The van der Waals surface area contributed by atoms with E-state index in [0.29, 0.717) is 5.56 Å². The van der Waals surface area contributed by atoms with Crippen molar-refractivity contribution in [1.29, 1.82) is 0 Å². The van der Waals surface area contributed by atoms with Crippen molar-refractivity contribution in [2.75, 3.05) is 0 Å². The van der Waals surface area contributed by atoms with Gasteiger partial charge in [-0.15, -0.1) is 0 Å². The number of aromatic nitrogens is 1. The molecule has 0 aliphatic carbocycles. The van der Waals surface area contributed by atoms with Crippen LogP contribution in [0.3, 0.4) is 0 Å². The van der Waals surface area contributed by atoms with Gasteiger partial charge in [-0.25, -0.2) is 14.2 Å². The quantitative estimate of drug-likeness (QED) is 0.676. The third-order valence-corrected chi connectivity index (χ3v) is 2.94. The zero-order valence-electron chi connectivity index (χ0n) is 9.20. The Balaban J connectivity index is 2.42. The van der Waals surface area contributed by atoms with Crippen LogP contribution >= 0.6 is 15.9 Å². The topological polar surface area (TPSA) is 50.9 Å². The standard InChI is InChI=1S/C12H10BrF2N3/c13-9-3-8(5-17-6-9)12(18-16)7-1-2-10(14)11(15)4-7/h1-6,12,18H,16H2. The minimum atomic E-state index is -0.907. The molecular formula is C12H10BrF2N3. The summed E-state index contributed by atoms with van der Waals surface area (Å²) in [6.45, 7) is 0. The van der Waals surface area contributed by atoms with Crippen LogP contribution in [0.4, 0.5) is 8.78 Å². The van der Waals surface area contributed by atoms with Crippen LogP contribution in [0.25, 0.3) is 0 Å². The summed E-state index contributed by atoms with van der Waals surface area (Å²) in [6, 6.07) is 5.01. The van der Waals surface area contributed by atoms with E-state index in [0.717, 1.165) is 22.2 Å². The van der Waals surface area contributed by atoms with Crippen molar-refractivity contribution < 1.29 is 8.78 Å². The minimum absolute atomic E-state index is 0.454. The number of hydrazine groups is 1. The molecule has 2 aromatic rings. The summed E-state index contributed by atoms with van der Waals surface area (Å²) in [6.07, 6.45) is 3.23. The van der Waals surface area contributed by atoms with Gasteiger partial charge < -0.3 is 0 Å². The molecule has 6 heteroatoms. The summed E-state index contributed by atoms with van der Waals surface area (Å²) in [5.41, 5.74) is 3.83. The molecule has 2 rings (SSSR count). The maximum absolute atomic E-state index is 13.2. The first-order valence-electron chi connectivity index (χ1n) is 5.13. The van der Waals surface area contributed by atoms with Gasteiger partial charge in [-0.3, -0.25) is 10.8 Å². The highest BCUT2D eigenvalue weighted by Crippen LogP contribution is 2.24. The van der Waals surface area contributed by atoms with Crippen molar-refractivity contribution in [3.05, 3.63) is 63.9 Å². The van der Waals surface area contributed by atoms with Gasteiger partial charge in [0.1, 0.15) is 0 Å². The minimum Gasteiger partial charge on any atom is -0.271 e. The van der Waals surface area contributed by atoms with E-state index < -0.39 is 17.7 Å². The zero-order valence-corrected chi connectivity index (χ0v) is 10.8. The Hall–Kier alpha value is -1.37. The fraction of sp³-hybridized carbons (Fsp3) is 0.0833. The molecule has 0 spiro atoms. The highest BCUT2D eigenvalue weighted by molar-refractivity contribution is 9.10. The van der Waals surface area contributed by atoms with Gasteiger partial charge in [-0.05, 0) is 45.3 Å². The largest absolute Gasteiger partial charge is 0.271 e. The van der Waals surface area contributed by atoms with E-state index in [4.69, 9.17) is 5.84 Å². The van der Waals surface area contributed by atoms with Gasteiger partial charge in [0.2, 0.25) is 0 Å². The Morgan fingerprint density at radius 2 is 1.89 bits per heavy atom. The molecule has 18 heavy (non-hydrogen) atoms. The summed E-state index contributed by atoms with van der Waals surface area (Å²) in [4.78, 5) is 4.01. The molecule has 0 amide bonds. The molecule has 1 atom stereocenters. The third-order valence-electron chi connectivity index (χ3n) is 2.50. The lowest BCUT2D eigenvalue weighted by Gasteiger charge is -2.16. The van der Waals surface area contributed by atoms with Crippen LogP contribution in [-0.2, 0) is 0 Å². The molecule has 1 unspecified atom stereocenters.